The van der Waals surface area contributed by atoms with Gasteiger partial charge in [-0.2, -0.15) is 13.2 Å². The summed E-state index contributed by atoms with van der Waals surface area (Å²) in [6.07, 6.45) is -3.42. The third kappa shape index (κ3) is 3.06. The highest BCUT2D eigenvalue weighted by molar-refractivity contribution is 5.41. The zero-order valence-corrected chi connectivity index (χ0v) is 12.0. The summed E-state index contributed by atoms with van der Waals surface area (Å²) in [7, 11) is 0. The molecule has 0 radical (unpaired) electrons. The van der Waals surface area contributed by atoms with Crippen molar-refractivity contribution < 1.29 is 13.2 Å². The van der Waals surface area contributed by atoms with Gasteiger partial charge in [0.05, 0.1) is 5.56 Å². The van der Waals surface area contributed by atoms with E-state index in [1.165, 1.54) is 6.07 Å². The van der Waals surface area contributed by atoms with E-state index in [0.717, 1.165) is 38.4 Å². The molecule has 0 spiro atoms. The highest BCUT2D eigenvalue weighted by Gasteiger charge is 2.34. The fraction of sp³-hybridized carbons (Fsp3) is 0.643. The van der Waals surface area contributed by atoms with Crippen LogP contribution in [0.5, 0.6) is 0 Å². The third-order valence-corrected chi connectivity index (χ3v) is 3.85. The first-order valence-electron chi connectivity index (χ1n) is 6.77. The normalized spacial score (nSPS) is 20.2. The lowest BCUT2D eigenvalue weighted by Crippen LogP contribution is -2.59. The van der Waals surface area contributed by atoms with E-state index in [9.17, 15) is 13.2 Å². The molecule has 1 aliphatic heterocycles. The zero-order valence-electron chi connectivity index (χ0n) is 12.0. The highest BCUT2D eigenvalue weighted by atomic mass is 19.4. The molecule has 1 saturated heterocycles. The smallest absolute Gasteiger partial charge is 0.354 e. The summed E-state index contributed by atoms with van der Waals surface area (Å²) >= 11 is 0. The molecule has 0 unspecified atom stereocenters. The van der Waals surface area contributed by atoms with Crippen molar-refractivity contribution in [3.8, 4) is 0 Å². The molecule has 0 aliphatic carbocycles. The lowest BCUT2D eigenvalue weighted by atomic mass is 9.99. The van der Waals surface area contributed by atoms with Crippen LogP contribution >= 0.6 is 0 Å². The Hall–Kier alpha value is -1.30. The lowest BCUT2D eigenvalue weighted by Gasteiger charge is -2.47. The van der Waals surface area contributed by atoms with E-state index in [0.29, 0.717) is 5.82 Å². The van der Waals surface area contributed by atoms with Gasteiger partial charge in [-0.1, -0.05) is 6.92 Å². The van der Waals surface area contributed by atoms with Crippen LogP contribution in [0.25, 0.3) is 0 Å². The second-order valence-corrected chi connectivity index (χ2v) is 5.72. The SMILES string of the molecule is CCN1CCN(c2ccc(C(F)(F)F)cn2)CC1(C)C. The van der Waals surface area contributed by atoms with Crippen LogP contribution in [0.15, 0.2) is 18.3 Å². The van der Waals surface area contributed by atoms with Crippen LogP contribution in [0.2, 0.25) is 0 Å². The minimum Gasteiger partial charge on any atom is -0.354 e. The van der Waals surface area contributed by atoms with E-state index in [1.807, 2.05) is 4.90 Å². The van der Waals surface area contributed by atoms with Gasteiger partial charge < -0.3 is 4.90 Å². The molecule has 1 aliphatic rings. The number of hydrogen-bond acceptors (Lipinski definition) is 3. The molecule has 3 nitrogen and oxygen atoms in total. The quantitative estimate of drug-likeness (QED) is 0.833. The Morgan fingerprint density at radius 2 is 1.95 bits per heavy atom. The molecule has 0 bridgehead atoms. The fourth-order valence-electron chi connectivity index (χ4n) is 2.71. The van der Waals surface area contributed by atoms with Gasteiger partial charge in [-0.05, 0) is 32.5 Å². The van der Waals surface area contributed by atoms with Crippen molar-refractivity contribution >= 4 is 5.82 Å². The molecule has 2 heterocycles. The van der Waals surface area contributed by atoms with Gasteiger partial charge in [0.2, 0.25) is 0 Å². The van der Waals surface area contributed by atoms with Crippen molar-refractivity contribution in [2.45, 2.75) is 32.5 Å². The fourth-order valence-corrected chi connectivity index (χ4v) is 2.71. The summed E-state index contributed by atoms with van der Waals surface area (Å²) in [6.45, 7) is 9.83. The summed E-state index contributed by atoms with van der Waals surface area (Å²) in [5.41, 5.74) is -0.704. The molecule has 20 heavy (non-hydrogen) atoms. The molecule has 0 saturated carbocycles. The van der Waals surface area contributed by atoms with Gasteiger partial charge in [-0.15, -0.1) is 0 Å². The molecule has 0 atom stereocenters. The molecule has 0 amide bonds. The summed E-state index contributed by atoms with van der Waals surface area (Å²) in [6, 6.07) is 2.56. The predicted octanol–water partition coefficient (Wildman–Crippen LogP) is 3.02. The topological polar surface area (TPSA) is 19.4 Å². The number of nitrogens with zero attached hydrogens (tertiary/aromatic N) is 3. The van der Waals surface area contributed by atoms with E-state index in [4.69, 9.17) is 0 Å². The molecular weight excluding hydrogens is 267 g/mol. The van der Waals surface area contributed by atoms with Gasteiger partial charge in [0.25, 0.3) is 0 Å². The van der Waals surface area contributed by atoms with Crippen molar-refractivity contribution in [1.82, 2.24) is 9.88 Å². The second kappa shape index (κ2) is 5.24. The van der Waals surface area contributed by atoms with E-state index in [1.54, 1.807) is 0 Å². The summed E-state index contributed by atoms with van der Waals surface area (Å²) in [5.74, 6) is 0.613. The number of piperazine rings is 1. The van der Waals surface area contributed by atoms with Crippen LogP contribution in [0, 0.1) is 0 Å². The molecule has 6 heteroatoms. The van der Waals surface area contributed by atoms with E-state index >= 15 is 0 Å². The van der Waals surface area contributed by atoms with Crippen LogP contribution in [0.3, 0.4) is 0 Å². The average molecular weight is 287 g/mol. The number of alkyl halides is 3. The second-order valence-electron chi connectivity index (χ2n) is 5.72. The maximum absolute atomic E-state index is 12.5. The maximum atomic E-state index is 12.5. The van der Waals surface area contributed by atoms with Crippen LogP contribution in [0.1, 0.15) is 26.3 Å². The van der Waals surface area contributed by atoms with Crippen LogP contribution in [-0.4, -0.2) is 41.6 Å². The number of rotatable bonds is 2. The number of hydrogen-bond donors (Lipinski definition) is 0. The number of anilines is 1. The Bertz CT molecular complexity index is 454. The van der Waals surface area contributed by atoms with Crippen molar-refractivity contribution in [3.05, 3.63) is 23.9 Å². The largest absolute Gasteiger partial charge is 0.417 e. The molecule has 2 rings (SSSR count). The van der Waals surface area contributed by atoms with Gasteiger partial charge in [0.15, 0.2) is 0 Å². The van der Waals surface area contributed by atoms with E-state index in [2.05, 4.69) is 30.7 Å². The molecule has 1 aromatic rings. The number of halogens is 3. The first-order chi connectivity index (χ1) is 9.24. The number of pyridine rings is 1. The minimum absolute atomic E-state index is 0.00260. The maximum Gasteiger partial charge on any atom is 0.417 e. The number of likely N-dealkylation sites (N-methyl/N-ethyl adjacent to an activating group) is 1. The van der Waals surface area contributed by atoms with E-state index < -0.39 is 11.7 Å². The lowest BCUT2D eigenvalue weighted by molar-refractivity contribution is -0.137. The summed E-state index contributed by atoms with van der Waals surface area (Å²) in [4.78, 5) is 8.39. The summed E-state index contributed by atoms with van der Waals surface area (Å²) < 4.78 is 37.6. The van der Waals surface area contributed by atoms with Crippen LogP contribution in [0.4, 0.5) is 19.0 Å². The first kappa shape index (κ1) is 15.1. The number of aromatic nitrogens is 1. The average Bonchev–Trinajstić information content (AvgIpc) is 2.36. The molecule has 1 fully saturated rings. The molecule has 1 aromatic heterocycles. The standard InChI is InChI=1S/C14H20F3N3/c1-4-20-8-7-19(10-13(20,2)3)12-6-5-11(9-18-12)14(15,16)17/h5-6,9H,4,7-8,10H2,1-3H3. The van der Waals surface area contributed by atoms with Crippen LogP contribution in [-0.2, 0) is 6.18 Å². The van der Waals surface area contributed by atoms with Crippen molar-refractivity contribution in [1.29, 1.82) is 0 Å². The Morgan fingerprint density at radius 3 is 2.40 bits per heavy atom. The Morgan fingerprint density at radius 1 is 1.25 bits per heavy atom. The Balaban J connectivity index is 2.13. The zero-order chi connectivity index (χ0) is 15.0. The van der Waals surface area contributed by atoms with Gasteiger partial charge in [-0.25, -0.2) is 4.98 Å². The highest BCUT2D eigenvalue weighted by Crippen LogP contribution is 2.30. The molecule has 0 aromatic carbocycles. The van der Waals surface area contributed by atoms with Gasteiger partial charge in [0.1, 0.15) is 5.82 Å². The Labute approximate surface area is 117 Å². The van der Waals surface area contributed by atoms with Crippen molar-refractivity contribution in [2.24, 2.45) is 0 Å². The minimum atomic E-state index is -4.33. The monoisotopic (exact) mass is 287 g/mol. The summed E-state index contributed by atoms with van der Waals surface area (Å²) in [5, 5.41) is 0. The predicted molar refractivity (Wildman–Crippen MR) is 72.8 cm³/mol. The van der Waals surface area contributed by atoms with Crippen molar-refractivity contribution in [2.75, 3.05) is 31.1 Å². The van der Waals surface area contributed by atoms with Crippen LogP contribution < -0.4 is 4.90 Å². The molecule has 112 valence electrons. The van der Waals surface area contributed by atoms with E-state index in [-0.39, 0.29) is 5.54 Å². The van der Waals surface area contributed by atoms with Gasteiger partial charge in [-0.3, -0.25) is 4.90 Å². The van der Waals surface area contributed by atoms with Gasteiger partial charge in [0, 0.05) is 31.4 Å². The molecular formula is C14H20F3N3. The molecule has 0 N–H and O–H groups in total. The first-order valence-corrected chi connectivity index (χ1v) is 6.77. The van der Waals surface area contributed by atoms with Crippen molar-refractivity contribution in [3.63, 3.8) is 0 Å². The van der Waals surface area contributed by atoms with Gasteiger partial charge >= 0.3 is 6.18 Å². The Kier molecular flexibility index (Phi) is 3.95. The third-order valence-electron chi connectivity index (χ3n) is 3.85.